The number of aromatic nitrogens is 4. The van der Waals surface area contributed by atoms with Crippen molar-refractivity contribution in [3.05, 3.63) is 48.7 Å². The smallest absolute Gasteiger partial charge is 0.233 e. The van der Waals surface area contributed by atoms with Crippen molar-refractivity contribution in [3.8, 4) is 11.4 Å². The zero-order chi connectivity index (χ0) is 20.2. The molecular formula is C21H25N5O2S. The van der Waals surface area contributed by atoms with Gasteiger partial charge in [-0.1, -0.05) is 11.8 Å². The predicted molar refractivity (Wildman–Crippen MR) is 111 cm³/mol. The minimum atomic E-state index is 0.158. The average Bonchev–Trinajstić information content (AvgIpc) is 3.37. The van der Waals surface area contributed by atoms with E-state index in [1.165, 1.54) is 18.2 Å². The van der Waals surface area contributed by atoms with Crippen molar-refractivity contribution in [2.24, 2.45) is 0 Å². The topological polar surface area (TPSA) is 77.1 Å². The second-order valence-electron chi connectivity index (χ2n) is 7.43. The molecule has 0 saturated carbocycles. The zero-order valence-electron chi connectivity index (χ0n) is 16.7. The Morgan fingerprint density at radius 3 is 2.72 bits per heavy atom. The van der Waals surface area contributed by atoms with Crippen LogP contribution in [0.4, 0.5) is 0 Å². The van der Waals surface area contributed by atoms with Gasteiger partial charge in [0.1, 0.15) is 5.76 Å². The molecule has 29 heavy (non-hydrogen) atoms. The van der Waals surface area contributed by atoms with E-state index in [4.69, 9.17) is 4.42 Å². The zero-order valence-corrected chi connectivity index (χ0v) is 17.5. The minimum absolute atomic E-state index is 0.158. The lowest BCUT2D eigenvalue weighted by Gasteiger charge is -2.39. The normalized spacial score (nSPS) is 19.4. The van der Waals surface area contributed by atoms with E-state index >= 15 is 0 Å². The van der Waals surface area contributed by atoms with Crippen LogP contribution in [0.3, 0.4) is 0 Å². The molecule has 0 radical (unpaired) electrons. The molecule has 0 N–H and O–H groups in total. The highest BCUT2D eigenvalue weighted by Gasteiger charge is 2.29. The van der Waals surface area contributed by atoms with E-state index in [-0.39, 0.29) is 5.91 Å². The van der Waals surface area contributed by atoms with Crippen LogP contribution in [0.25, 0.3) is 11.4 Å². The Hall–Kier alpha value is -2.61. The molecular weight excluding hydrogens is 386 g/mol. The molecule has 3 aromatic heterocycles. The summed E-state index contributed by atoms with van der Waals surface area (Å²) in [5.74, 6) is 2.02. The van der Waals surface area contributed by atoms with Crippen molar-refractivity contribution in [1.29, 1.82) is 0 Å². The Labute approximate surface area is 174 Å². The Balaban J connectivity index is 1.55. The number of carbonyl (C=O) groups is 1. The van der Waals surface area contributed by atoms with Crippen molar-refractivity contribution in [1.82, 2.24) is 24.6 Å². The number of hydrogen-bond acceptors (Lipinski definition) is 6. The lowest BCUT2D eigenvalue weighted by molar-refractivity contribution is -0.134. The second-order valence-corrected chi connectivity index (χ2v) is 8.37. The van der Waals surface area contributed by atoms with Gasteiger partial charge in [-0.15, -0.1) is 10.2 Å². The van der Waals surface area contributed by atoms with Gasteiger partial charge in [0.15, 0.2) is 11.0 Å². The number of hydrogen-bond donors (Lipinski definition) is 0. The first kappa shape index (κ1) is 19.7. The molecule has 1 amide bonds. The summed E-state index contributed by atoms with van der Waals surface area (Å²) >= 11 is 1.43. The number of thioether (sulfide) groups is 1. The van der Waals surface area contributed by atoms with Gasteiger partial charge in [-0.3, -0.25) is 14.3 Å². The fourth-order valence-corrected chi connectivity index (χ4v) is 4.73. The Morgan fingerprint density at radius 1 is 1.21 bits per heavy atom. The van der Waals surface area contributed by atoms with Crippen LogP contribution in [-0.4, -0.2) is 48.4 Å². The largest absolute Gasteiger partial charge is 0.467 e. The summed E-state index contributed by atoms with van der Waals surface area (Å²) in [6.45, 7) is 4.77. The molecule has 0 unspecified atom stereocenters. The maximum atomic E-state index is 12.9. The first-order valence-electron chi connectivity index (χ1n) is 9.93. The van der Waals surface area contributed by atoms with Crippen molar-refractivity contribution in [3.63, 3.8) is 0 Å². The monoisotopic (exact) mass is 411 g/mol. The maximum absolute atomic E-state index is 12.9. The lowest BCUT2D eigenvalue weighted by atomic mass is 9.98. The summed E-state index contributed by atoms with van der Waals surface area (Å²) in [6.07, 6.45) is 8.47. The van der Waals surface area contributed by atoms with Crippen molar-refractivity contribution < 1.29 is 9.21 Å². The van der Waals surface area contributed by atoms with Gasteiger partial charge in [-0.05, 0) is 57.4 Å². The van der Waals surface area contributed by atoms with Gasteiger partial charge in [0.2, 0.25) is 5.91 Å². The van der Waals surface area contributed by atoms with Crippen LogP contribution in [0.2, 0.25) is 0 Å². The van der Waals surface area contributed by atoms with Crippen LogP contribution in [-0.2, 0) is 11.3 Å². The number of nitrogens with zero attached hydrogens (tertiary/aromatic N) is 5. The first-order chi connectivity index (χ1) is 14.1. The van der Waals surface area contributed by atoms with Gasteiger partial charge in [0.25, 0.3) is 0 Å². The first-order valence-corrected chi connectivity index (χ1v) is 10.9. The average molecular weight is 412 g/mol. The van der Waals surface area contributed by atoms with E-state index in [0.717, 1.165) is 24.2 Å². The third-order valence-electron chi connectivity index (χ3n) is 5.34. The number of amides is 1. The van der Waals surface area contributed by atoms with Crippen molar-refractivity contribution in [2.75, 3.05) is 5.75 Å². The molecule has 0 bridgehead atoms. The summed E-state index contributed by atoms with van der Waals surface area (Å²) in [6, 6.07) is 8.18. The van der Waals surface area contributed by atoms with E-state index in [0.29, 0.717) is 35.4 Å². The second kappa shape index (κ2) is 8.82. The van der Waals surface area contributed by atoms with Crippen LogP contribution >= 0.6 is 11.8 Å². The summed E-state index contributed by atoms with van der Waals surface area (Å²) < 4.78 is 7.51. The number of piperidine rings is 1. The summed E-state index contributed by atoms with van der Waals surface area (Å²) in [4.78, 5) is 19.1. The van der Waals surface area contributed by atoms with E-state index in [2.05, 4.69) is 29.0 Å². The van der Waals surface area contributed by atoms with Gasteiger partial charge >= 0.3 is 0 Å². The van der Waals surface area contributed by atoms with Crippen molar-refractivity contribution >= 4 is 17.7 Å². The number of carbonyl (C=O) groups excluding carboxylic acids is 1. The highest BCUT2D eigenvalue weighted by molar-refractivity contribution is 7.99. The number of pyridine rings is 1. The SMILES string of the molecule is C[C@H]1CCC[C@H](C)N1C(=O)CSc1nnc(-c2cccnc2)n1Cc1ccco1. The van der Waals surface area contributed by atoms with Gasteiger partial charge in [0, 0.05) is 30.0 Å². The van der Waals surface area contributed by atoms with Gasteiger partial charge in [0.05, 0.1) is 18.6 Å². The summed E-state index contributed by atoms with van der Waals surface area (Å²) in [7, 11) is 0. The molecule has 0 aromatic carbocycles. The van der Waals surface area contributed by atoms with E-state index < -0.39 is 0 Å². The molecule has 4 rings (SSSR count). The van der Waals surface area contributed by atoms with Crippen molar-refractivity contribution in [2.45, 2.75) is 56.9 Å². The summed E-state index contributed by atoms with van der Waals surface area (Å²) in [5, 5.41) is 9.44. The van der Waals surface area contributed by atoms with E-state index in [1.54, 1.807) is 18.7 Å². The molecule has 2 atom stereocenters. The minimum Gasteiger partial charge on any atom is -0.467 e. The lowest BCUT2D eigenvalue weighted by Crippen LogP contribution is -2.48. The maximum Gasteiger partial charge on any atom is 0.233 e. The van der Waals surface area contributed by atoms with Crippen LogP contribution in [0.15, 0.2) is 52.5 Å². The molecule has 8 heteroatoms. The quantitative estimate of drug-likeness (QED) is 0.573. The number of rotatable bonds is 6. The number of likely N-dealkylation sites (tertiary alicyclic amines) is 1. The fraction of sp³-hybridized carbons (Fsp3) is 0.429. The Kier molecular flexibility index (Phi) is 5.99. The van der Waals surface area contributed by atoms with Gasteiger partial charge in [-0.2, -0.15) is 0 Å². The Bertz CT molecular complexity index is 931. The van der Waals surface area contributed by atoms with Crippen LogP contribution < -0.4 is 0 Å². The molecule has 0 aliphatic carbocycles. The molecule has 1 saturated heterocycles. The highest BCUT2D eigenvalue weighted by atomic mass is 32.2. The molecule has 3 aromatic rings. The standard InChI is InChI=1S/C21H25N5O2S/c1-15-6-3-7-16(2)26(15)19(27)14-29-21-24-23-20(17-8-4-10-22-12-17)25(21)13-18-9-5-11-28-18/h4-5,8-12,15-16H,3,6-7,13-14H2,1-2H3/t15-,16-/m0/s1. The fourth-order valence-electron chi connectivity index (χ4n) is 3.92. The third-order valence-corrected chi connectivity index (χ3v) is 6.29. The van der Waals surface area contributed by atoms with Crippen LogP contribution in [0.5, 0.6) is 0 Å². The molecule has 1 aliphatic rings. The predicted octanol–water partition coefficient (Wildman–Crippen LogP) is 3.86. The molecule has 1 fully saturated rings. The molecule has 7 nitrogen and oxygen atoms in total. The Morgan fingerprint density at radius 2 is 2.03 bits per heavy atom. The molecule has 152 valence electrons. The van der Waals surface area contributed by atoms with E-state index in [9.17, 15) is 4.79 Å². The summed E-state index contributed by atoms with van der Waals surface area (Å²) in [5.41, 5.74) is 0.878. The molecule has 0 spiro atoms. The highest BCUT2D eigenvalue weighted by Crippen LogP contribution is 2.27. The van der Waals surface area contributed by atoms with Gasteiger partial charge < -0.3 is 9.32 Å². The van der Waals surface area contributed by atoms with Crippen LogP contribution in [0.1, 0.15) is 38.9 Å². The number of furan rings is 1. The van der Waals surface area contributed by atoms with E-state index in [1.807, 2.05) is 33.7 Å². The van der Waals surface area contributed by atoms with Crippen LogP contribution in [0, 0.1) is 0 Å². The third kappa shape index (κ3) is 4.37. The molecule has 4 heterocycles. The van der Waals surface area contributed by atoms with Gasteiger partial charge in [-0.25, -0.2) is 0 Å². The molecule has 1 aliphatic heterocycles.